The van der Waals surface area contributed by atoms with Gasteiger partial charge in [0.05, 0.1) is 33.6 Å². The molecule has 9 heteroatoms. The molecule has 2 N–H and O–H groups in total. The monoisotopic (exact) mass is 501 g/mol. The number of carbonyl (C=O) groups excluding carboxylic acids is 2. The van der Waals surface area contributed by atoms with E-state index in [1.54, 1.807) is 7.11 Å². The number of nitrogens with one attached hydrogen (secondary N) is 1. The highest BCUT2D eigenvalue weighted by Gasteiger charge is 2.51. The third-order valence-corrected chi connectivity index (χ3v) is 8.42. The molecule has 1 fully saturated rings. The average Bonchev–Trinajstić information content (AvgIpc) is 3.51. The van der Waals surface area contributed by atoms with Crippen molar-refractivity contribution in [3.8, 4) is 0 Å². The van der Waals surface area contributed by atoms with Crippen LogP contribution in [0, 0.1) is 0 Å². The Morgan fingerprint density at radius 3 is 2.08 bits per heavy atom. The third kappa shape index (κ3) is 2.19. The van der Waals surface area contributed by atoms with Crippen molar-refractivity contribution in [1.29, 1.82) is 0 Å². The highest BCUT2D eigenvalue weighted by atomic mass is 35.5. The summed E-state index contributed by atoms with van der Waals surface area (Å²) in [6.07, 6.45) is -2.73. The number of nitrogens with zero attached hydrogens (tertiary/aromatic N) is 2. The summed E-state index contributed by atoms with van der Waals surface area (Å²) < 4.78 is 16.4. The van der Waals surface area contributed by atoms with Crippen LogP contribution >= 0.6 is 11.6 Å². The molecule has 0 spiro atoms. The molecule has 0 aliphatic carbocycles. The Labute approximate surface area is 208 Å². The fourth-order valence-electron chi connectivity index (χ4n) is 6.83. The summed E-state index contributed by atoms with van der Waals surface area (Å²) in [5.41, 5.74) is 4.09. The molecule has 0 saturated carbocycles. The Bertz CT molecular complexity index is 1820. The summed E-state index contributed by atoms with van der Waals surface area (Å²) in [4.78, 5) is 26.4. The van der Waals surface area contributed by atoms with Gasteiger partial charge in [-0.1, -0.05) is 36.4 Å². The maximum absolute atomic E-state index is 13.2. The number of hydrogen-bond donors (Lipinski definition) is 2. The molecule has 8 rings (SSSR count). The van der Waals surface area contributed by atoms with Crippen LogP contribution in [-0.2, 0) is 9.47 Å². The van der Waals surface area contributed by atoms with E-state index in [0.29, 0.717) is 21.9 Å². The van der Waals surface area contributed by atoms with Crippen molar-refractivity contribution in [3.63, 3.8) is 0 Å². The average molecular weight is 502 g/mol. The molecule has 0 bridgehead atoms. The number of benzene rings is 3. The Balaban J connectivity index is 1.67. The molecule has 180 valence electrons. The van der Waals surface area contributed by atoms with Gasteiger partial charge >= 0.3 is 0 Å². The molecule has 36 heavy (non-hydrogen) atoms. The largest absolute Gasteiger partial charge is 0.388 e. The minimum Gasteiger partial charge on any atom is -0.388 e. The number of halogens is 1. The predicted octanol–water partition coefficient (Wildman–Crippen LogP) is 3.85. The van der Waals surface area contributed by atoms with Gasteiger partial charge in [0, 0.05) is 34.2 Å². The van der Waals surface area contributed by atoms with Crippen molar-refractivity contribution in [1.82, 2.24) is 14.5 Å². The quantitative estimate of drug-likeness (QED) is 0.283. The lowest BCUT2D eigenvalue weighted by atomic mass is 9.93. The van der Waals surface area contributed by atoms with Crippen molar-refractivity contribution in [2.24, 2.45) is 0 Å². The zero-order valence-electron chi connectivity index (χ0n) is 19.1. The van der Waals surface area contributed by atoms with E-state index in [-0.39, 0.29) is 5.88 Å². The summed E-state index contributed by atoms with van der Waals surface area (Å²) in [5, 5.41) is 17.4. The number of amides is 2. The second-order valence-corrected chi connectivity index (χ2v) is 9.96. The topological polar surface area (TPSA) is 94.7 Å². The smallest absolute Gasteiger partial charge is 0.259 e. The van der Waals surface area contributed by atoms with E-state index in [0.717, 1.165) is 32.8 Å². The van der Waals surface area contributed by atoms with Gasteiger partial charge in [-0.25, -0.2) is 0 Å². The Hall–Kier alpha value is -3.43. The summed E-state index contributed by atoms with van der Waals surface area (Å²) in [7, 11) is 1.54. The fraction of sp³-hybridized carbons (Fsp3) is 0.259. The molecule has 2 aromatic heterocycles. The molecule has 5 heterocycles. The number of hydrogen-bond acceptors (Lipinski definition) is 5. The first-order valence-corrected chi connectivity index (χ1v) is 12.4. The predicted molar refractivity (Wildman–Crippen MR) is 135 cm³/mol. The molecule has 8 nitrogen and oxygen atoms in total. The van der Waals surface area contributed by atoms with Crippen molar-refractivity contribution in [2.75, 3.05) is 13.0 Å². The number of carbonyl (C=O) groups is 2. The van der Waals surface area contributed by atoms with Gasteiger partial charge in [-0.15, -0.1) is 11.6 Å². The van der Waals surface area contributed by atoms with Crippen LogP contribution in [0.25, 0.3) is 43.6 Å². The highest BCUT2D eigenvalue weighted by molar-refractivity contribution is 6.39. The van der Waals surface area contributed by atoms with Gasteiger partial charge in [0.25, 0.3) is 11.8 Å². The number of rotatable bonds is 2. The molecule has 2 amide bonds. The Kier molecular flexibility index (Phi) is 3.95. The van der Waals surface area contributed by atoms with E-state index in [4.69, 9.17) is 21.1 Å². The lowest BCUT2D eigenvalue weighted by molar-refractivity contribution is -0.216. The molecule has 3 aliphatic heterocycles. The zero-order valence-corrected chi connectivity index (χ0v) is 19.8. The SMILES string of the molecule is CO[C@H]1[C@H](O)[C@H]2[C@@H](O[C@@H]1CCl)n1c3ccccc3c3c4c(c5c6ccccc6n2c5c31)C(=O)NC4=O. The summed E-state index contributed by atoms with van der Waals surface area (Å²) in [5.74, 6) is -0.658. The van der Waals surface area contributed by atoms with E-state index in [2.05, 4.69) is 14.5 Å². The van der Waals surface area contributed by atoms with Crippen LogP contribution in [0.1, 0.15) is 33.0 Å². The van der Waals surface area contributed by atoms with E-state index in [1.165, 1.54) is 0 Å². The minimum absolute atomic E-state index is 0.150. The van der Waals surface area contributed by atoms with Crippen LogP contribution in [0.2, 0.25) is 0 Å². The van der Waals surface area contributed by atoms with Crippen molar-refractivity contribution < 1.29 is 24.2 Å². The molecule has 0 radical (unpaired) electrons. The number of ether oxygens (including phenoxy) is 2. The third-order valence-electron chi connectivity index (χ3n) is 8.11. The first kappa shape index (κ1) is 20.7. The van der Waals surface area contributed by atoms with Gasteiger partial charge in [-0.05, 0) is 12.1 Å². The van der Waals surface area contributed by atoms with Crippen LogP contribution in [0.4, 0.5) is 0 Å². The van der Waals surface area contributed by atoms with Crippen molar-refractivity contribution >= 4 is 67.0 Å². The Morgan fingerprint density at radius 2 is 1.50 bits per heavy atom. The number of aromatic nitrogens is 2. The maximum atomic E-state index is 13.2. The van der Waals surface area contributed by atoms with Crippen molar-refractivity contribution in [3.05, 3.63) is 59.7 Å². The Morgan fingerprint density at radius 1 is 0.944 bits per heavy atom. The number of para-hydroxylation sites is 2. The number of aliphatic hydroxyl groups excluding tert-OH is 1. The molecular weight excluding hydrogens is 482 g/mol. The molecule has 1 saturated heterocycles. The maximum Gasteiger partial charge on any atom is 0.259 e. The lowest BCUT2D eigenvalue weighted by Crippen LogP contribution is -2.55. The fourth-order valence-corrected chi connectivity index (χ4v) is 7.08. The van der Waals surface area contributed by atoms with Gasteiger partial charge in [0.1, 0.15) is 24.4 Å². The van der Waals surface area contributed by atoms with Gasteiger partial charge < -0.3 is 23.7 Å². The van der Waals surface area contributed by atoms with Gasteiger partial charge in [-0.3, -0.25) is 14.9 Å². The van der Waals surface area contributed by atoms with E-state index in [1.807, 2.05) is 48.5 Å². The number of aliphatic hydroxyl groups is 1. The molecule has 0 unspecified atom stereocenters. The normalized spacial score (nSPS) is 26.9. The number of alkyl halides is 1. The highest BCUT2D eigenvalue weighted by Crippen LogP contribution is 2.54. The molecule has 5 atom stereocenters. The lowest BCUT2D eigenvalue weighted by Gasteiger charge is -2.47. The van der Waals surface area contributed by atoms with Crippen LogP contribution in [0.3, 0.4) is 0 Å². The zero-order chi connectivity index (χ0) is 24.5. The van der Waals surface area contributed by atoms with Crippen LogP contribution in [0.15, 0.2) is 48.5 Å². The van der Waals surface area contributed by atoms with E-state index in [9.17, 15) is 14.7 Å². The van der Waals surface area contributed by atoms with Crippen LogP contribution in [0.5, 0.6) is 0 Å². The second-order valence-electron chi connectivity index (χ2n) is 9.66. The standard InChI is InChI=1S/C27H20ClN3O5/c1-35-24-15(10-28)36-27-22(23(24)32)30-13-8-4-2-6-11(13)16-18-19(26(34)29-25(18)33)17-12-7-3-5-9-14(12)31(27)21(17)20(16)30/h2-9,15,22-24,27,32H,10H2,1H3,(H,29,33,34)/t15-,22+,23-,24-,27-/m1/s1. The summed E-state index contributed by atoms with van der Waals surface area (Å²) >= 11 is 6.29. The first-order valence-electron chi connectivity index (χ1n) is 11.9. The number of methoxy groups -OCH3 is 1. The molecular formula is C27H20ClN3O5. The van der Waals surface area contributed by atoms with E-state index >= 15 is 0 Å². The van der Waals surface area contributed by atoms with Crippen LogP contribution in [-0.4, -0.2) is 57.4 Å². The number of fused-ring (bicyclic) bond motifs is 12. The van der Waals surface area contributed by atoms with Gasteiger partial charge in [0.2, 0.25) is 0 Å². The van der Waals surface area contributed by atoms with Gasteiger partial charge in [0.15, 0.2) is 6.23 Å². The van der Waals surface area contributed by atoms with Gasteiger partial charge in [-0.2, -0.15) is 0 Å². The molecule has 3 aliphatic rings. The minimum atomic E-state index is -0.940. The molecule has 5 aromatic rings. The first-order chi connectivity index (χ1) is 17.6. The van der Waals surface area contributed by atoms with Crippen molar-refractivity contribution in [2.45, 2.75) is 30.6 Å². The van der Waals surface area contributed by atoms with E-state index < -0.39 is 42.4 Å². The molecule has 3 aromatic carbocycles. The summed E-state index contributed by atoms with van der Waals surface area (Å²) in [6.45, 7) is 0. The van der Waals surface area contributed by atoms with Crippen LogP contribution < -0.4 is 5.32 Å². The summed E-state index contributed by atoms with van der Waals surface area (Å²) in [6, 6.07) is 15.0. The number of imide groups is 1. The second kappa shape index (κ2) is 6.86.